The average molecular weight is 419 g/mol. The first-order chi connectivity index (χ1) is 13.1. The van der Waals surface area contributed by atoms with Crippen LogP contribution in [0.25, 0.3) is 0 Å². The molecule has 1 aliphatic heterocycles. The summed E-state index contributed by atoms with van der Waals surface area (Å²) in [6.07, 6.45) is -4.04. The highest BCUT2D eigenvalue weighted by atomic mass is 32.2. The maximum Gasteiger partial charge on any atom is 0.573 e. The van der Waals surface area contributed by atoms with E-state index in [1.807, 2.05) is 0 Å². The molecule has 28 heavy (non-hydrogen) atoms. The third-order valence-corrected chi connectivity index (χ3v) is 6.58. The Morgan fingerprint density at radius 3 is 2.18 bits per heavy atom. The zero-order chi connectivity index (χ0) is 20.5. The molecule has 0 atom stereocenters. The SMILES string of the molecule is Cc1n[nH]c(C)c1S(=O)(=O)N1CCC(Oc2ccc(OC(F)(F)F)cc2)CC1. The molecule has 0 aliphatic carbocycles. The summed E-state index contributed by atoms with van der Waals surface area (Å²) in [6, 6.07) is 5.13. The number of nitrogens with zero attached hydrogens (tertiary/aromatic N) is 2. The number of sulfonamides is 1. The van der Waals surface area contributed by atoms with Crippen molar-refractivity contribution >= 4 is 10.0 Å². The Bertz CT molecular complexity index is 899. The van der Waals surface area contributed by atoms with E-state index < -0.39 is 16.4 Å². The monoisotopic (exact) mass is 419 g/mol. The fraction of sp³-hybridized carbons (Fsp3) is 0.471. The van der Waals surface area contributed by atoms with Crippen molar-refractivity contribution in [3.8, 4) is 11.5 Å². The summed E-state index contributed by atoms with van der Waals surface area (Å²) in [7, 11) is -3.64. The second-order valence-electron chi connectivity index (χ2n) is 6.50. The quantitative estimate of drug-likeness (QED) is 0.805. The standard InChI is InChI=1S/C17H20F3N3O4S/c1-11-16(12(2)22-21-11)28(24,25)23-9-7-14(8-10-23)26-13-3-5-15(6-4-13)27-17(18,19)20/h3-6,14H,7-10H2,1-2H3,(H,21,22). The van der Waals surface area contributed by atoms with Crippen LogP contribution in [0.2, 0.25) is 0 Å². The van der Waals surface area contributed by atoms with Gasteiger partial charge in [-0.2, -0.15) is 9.40 Å². The van der Waals surface area contributed by atoms with Crippen LogP contribution >= 0.6 is 0 Å². The molecule has 3 rings (SSSR count). The van der Waals surface area contributed by atoms with Crippen LogP contribution in [0.4, 0.5) is 13.2 Å². The minimum absolute atomic E-state index is 0.201. The maximum absolute atomic E-state index is 12.8. The van der Waals surface area contributed by atoms with Crippen LogP contribution in [-0.2, 0) is 10.0 Å². The zero-order valence-corrected chi connectivity index (χ0v) is 16.1. The third-order valence-electron chi connectivity index (χ3n) is 4.42. The number of hydrogen-bond donors (Lipinski definition) is 1. The lowest BCUT2D eigenvalue weighted by Gasteiger charge is -2.31. The predicted octanol–water partition coefficient (Wildman–Crippen LogP) is 3.16. The van der Waals surface area contributed by atoms with Crippen LogP contribution in [0.1, 0.15) is 24.2 Å². The minimum Gasteiger partial charge on any atom is -0.490 e. The van der Waals surface area contributed by atoms with Crippen molar-refractivity contribution < 1.29 is 31.1 Å². The van der Waals surface area contributed by atoms with Gasteiger partial charge < -0.3 is 9.47 Å². The van der Waals surface area contributed by atoms with E-state index >= 15 is 0 Å². The minimum atomic E-state index is -4.74. The Morgan fingerprint density at radius 2 is 1.68 bits per heavy atom. The number of aromatic nitrogens is 2. The van der Waals surface area contributed by atoms with Gasteiger partial charge in [-0.1, -0.05) is 0 Å². The number of piperidine rings is 1. The Labute approximate surface area is 160 Å². The van der Waals surface area contributed by atoms with Crippen molar-refractivity contribution in [2.24, 2.45) is 0 Å². The molecule has 0 saturated carbocycles. The number of halogens is 3. The molecule has 1 N–H and O–H groups in total. The van der Waals surface area contributed by atoms with E-state index in [1.165, 1.54) is 28.6 Å². The molecule has 2 aromatic rings. The number of ether oxygens (including phenoxy) is 2. The Balaban J connectivity index is 1.59. The van der Waals surface area contributed by atoms with Crippen LogP contribution in [0.3, 0.4) is 0 Å². The molecule has 154 valence electrons. The number of benzene rings is 1. The van der Waals surface area contributed by atoms with Crippen molar-refractivity contribution in [2.45, 2.75) is 44.1 Å². The molecule has 11 heteroatoms. The lowest BCUT2D eigenvalue weighted by Crippen LogP contribution is -2.42. The van der Waals surface area contributed by atoms with Crippen molar-refractivity contribution in [2.75, 3.05) is 13.1 Å². The molecule has 1 aromatic carbocycles. The van der Waals surface area contributed by atoms with Crippen molar-refractivity contribution in [1.82, 2.24) is 14.5 Å². The number of alkyl halides is 3. The summed E-state index contributed by atoms with van der Waals surface area (Å²) in [6.45, 7) is 3.87. The van der Waals surface area contributed by atoms with Crippen LogP contribution in [-0.4, -0.2) is 48.5 Å². The molecule has 0 amide bonds. The Kier molecular flexibility index (Phi) is 5.57. The third kappa shape index (κ3) is 4.58. The molecular weight excluding hydrogens is 399 g/mol. The second kappa shape index (κ2) is 7.63. The van der Waals surface area contributed by atoms with Crippen LogP contribution < -0.4 is 9.47 Å². The van der Waals surface area contributed by atoms with E-state index in [0.29, 0.717) is 30.0 Å². The molecule has 0 radical (unpaired) electrons. The van der Waals surface area contributed by atoms with Gasteiger partial charge in [-0.3, -0.25) is 5.10 Å². The fourth-order valence-electron chi connectivity index (χ4n) is 3.15. The average Bonchev–Trinajstić information content (AvgIpc) is 2.95. The summed E-state index contributed by atoms with van der Waals surface area (Å²) < 4.78 is 73.2. The summed E-state index contributed by atoms with van der Waals surface area (Å²) in [5.41, 5.74) is 0.925. The first kappa shape index (κ1) is 20.5. The molecule has 1 aliphatic rings. The van der Waals surface area contributed by atoms with E-state index in [0.717, 1.165) is 0 Å². The van der Waals surface area contributed by atoms with Gasteiger partial charge in [0, 0.05) is 13.1 Å². The fourth-order valence-corrected chi connectivity index (χ4v) is 4.95. The largest absolute Gasteiger partial charge is 0.573 e. The first-order valence-corrected chi connectivity index (χ1v) is 10.0. The topological polar surface area (TPSA) is 84.5 Å². The number of rotatable bonds is 5. The summed E-state index contributed by atoms with van der Waals surface area (Å²) in [4.78, 5) is 0.201. The Hall–Kier alpha value is -2.27. The normalized spacial score (nSPS) is 16.9. The molecule has 7 nitrogen and oxygen atoms in total. The van der Waals surface area contributed by atoms with E-state index in [-0.39, 0.29) is 29.8 Å². The Morgan fingerprint density at radius 1 is 1.11 bits per heavy atom. The van der Waals surface area contributed by atoms with Crippen molar-refractivity contribution in [3.63, 3.8) is 0 Å². The van der Waals surface area contributed by atoms with E-state index in [4.69, 9.17) is 4.74 Å². The highest BCUT2D eigenvalue weighted by Gasteiger charge is 2.33. The van der Waals surface area contributed by atoms with Gasteiger partial charge in [0.1, 0.15) is 22.5 Å². The summed E-state index contributed by atoms with van der Waals surface area (Å²) in [5.74, 6) is 0.0731. The lowest BCUT2D eigenvalue weighted by molar-refractivity contribution is -0.274. The first-order valence-electron chi connectivity index (χ1n) is 8.60. The van der Waals surface area contributed by atoms with E-state index in [2.05, 4.69) is 14.9 Å². The molecule has 0 spiro atoms. The summed E-state index contributed by atoms with van der Waals surface area (Å²) >= 11 is 0. The number of H-pyrrole nitrogens is 1. The maximum atomic E-state index is 12.8. The van der Waals surface area contributed by atoms with Crippen LogP contribution in [0.15, 0.2) is 29.2 Å². The van der Waals surface area contributed by atoms with Crippen LogP contribution in [0, 0.1) is 13.8 Å². The number of aryl methyl sites for hydroxylation is 2. The molecular formula is C17H20F3N3O4S. The highest BCUT2D eigenvalue weighted by molar-refractivity contribution is 7.89. The van der Waals surface area contributed by atoms with E-state index in [1.54, 1.807) is 13.8 Å². The van der Waals surface area contributed by atoms with Crippen molar-refractivity contribution in [3.05, 3.63) is 35.7 Å². The number of hydrogen-bond acceptors (Lipinski definition) is 5. The predicted molar refractivity (Wildman–Crippen MR) is 93.6 cm³/mol. The van der Waals surface area contributed by atoms with Gasteiger partial charge in [-0.05, 0) is 51.0 Å². The van der Waals surface area contributed by atoms with Crippen molar-refractivity contribution in [1.29, 1.82) is 0 Å². The van der Waals surface area contributed by atoms with Gasteiger partial charge in [-0.15, -0.1) is 13.2 Å². The molecule has 0 bridgehead atoms. The number of nitrogens with one attached hydrogen (secondary N) is 1. The van der Waals surface area contributed by atoms with Gasteiger partial charge in [0.2, 0.25) is 10.0 Å². The molecule has 2 heterocycles. The summed E-state index contributed by atoms with van der Waals surface area (Å²) in [5, 5.41) is 6.62. The smallest absolute Gasteiger partial charge is 0.490 e. The molecule has 0 unspecified atom stereocenters. The van der Waals surface area contributed by atoms with Gasteiger partial charge in [0.15, 0.2) is 0 Å². The molecule has 1 fully saturated rings. The second-order valence-corrected chi connectivity index (χ2v) is 8.38. The van der Waals surface area contributed by atoms with Gasteiger partial charge in [-0.25, -0.2) is 8.42 Å². The molecule has 1 aromatic heterocycles. The number of aromatic amines is 1. The lowest BCUT2D eigenvalue weighted by atomic mass is 10.1. The van der Waals surface area contributed by atoms with E-state index in [9.17, 15) is 21.6 Å². The van der Waals surface area contributed by atoms with Gasteiger partial charge in [0.25, 0.3) is 0 Å². The van der Waals surface area contributed by atoms with Gasteiger partial charge >= 0.3 is 6.36 Å². The van der Waals surface area contributed by atoms with Gasteiger partial charge in [0.05, 0.1) is 11.4 Å². The molecule has 1 saturated heterocycles. The van der Waals surface area contributed by atoms with Crippen LogP contribution in [0.5, 0.6) is 11.5 Å². The highest BCUT2D eigenvalue weighted by Crippen LogP contribution is 2.28. The zero-order valence-electron chi connectivity index (χ0n) is 15.3.